The van der Waals surface area contributed by atoms with Gasteiger partial charge in [-0.15, -0.1) is 0 Å². The molecule has 0 unspecified atom stereocenters. The first-order chi connectivity index (χ1) is 7.04. The standard InChI is InChI=1S/C11H11BrClNO/c1-7(2)6-15-11-4-10(13)8(5-14)3-9(11)12/h3-4,7H,6H2,1-2H3. The van der Waals surface area contributed by atoms with Gasteiger partial charge in [-0.3, -0.25) is 0 Å². The molecule has 0 saturated carbocycles. The summed E-state index contributed by atoms with van der Waals surface area (Å²) in [4.78, 5) is 0. The van der Waals surface area contributed by atoms with Gasteiger partial charge in [0, 0.05) is 6.07 Å². The van der Waals surface area contributed by atoms with E-state index in [2.05, 4.69) is 29.8 Å². The molecule has 0 aliphatic rings. The zero-order valence-corrected chi connectivity index (χ0v) is 10.9. The molecule has 0 aliphatic carbocycles. The molecule has 15 heavy (non-hydrogen) atoms. The Labute approximate surface area is 103 Å². The molecule has 0 aromatic heterocycles. The van der Waals surface area contributed by atoms with Gasteiger partial charge in [0.25, 0.3) is 0 Å². The van der Waals surface area contributed by atoms with E-state index in [-0.39, 0.29) is 0 Å². The van der Waals surface area contributed by atoms with E-state index in [0.717, 1.165) is 4.47 Å². The summed E-state index contributed by atoms with van der Waals surface area (Å²) < 4.78 is 6.29. The van der Waals surface area contributed by atoms with Crippen LogP contribution < -0.4 is 4.74 Å². The van der Waals surface area contributed by atoms with Gasteiger partial charge in [-0.1, -0.05) is 25.4 Å². The van der Waals surface area contributed by atoms with Gasteiger partial charge in [0.1, 0.15) is 11.8 Å². The monoisotopic (exact) mass is 287 g/mol. The van der Waals surface area contributed by atoms with Crippen LogP contribution >= 0.6 is 27.5 Å². The van der Waals surface area contributed by atoms with Crippen molar-refractivity contribution in [3.63, 3.8) is 0 Å². The van der Waals surface area contributed by atoms with Gasteiger partial charge >= 0.3 is 0 Å². The highest BCUT2D eigenvalue weighted by Gasteiger charge is 2.08. The normalized spacial score (nSPS) is 10.1. The average molecular weight is 289 g/mol. The molecule has 0 heterocycles. The van der Waals surface area contributed by atoms with Gasteiger partial charge in [-0.2, -0.15) is 5.26 Å². The molecular weight excluding hydrogens is 277 g/mol. The molecule has 0 amide bonds. The number of ether oxygens (including phenoxy) is 1. The third kappa shape index (κ3) is 3.40. The van der Waals surface area contributed by atoms with Crippen LogP contribution in [-0.4, -0.2) is 6.61 Å². The maximum Gasteiger partial charge on any atom is 0.135 e. The lowest BCUT2D eigenvalue weighted by Gasteiger charge is -2.11. The Morgan fingerprint density at radius 2 is 2.20 bits per heavy atom. The molecule has 0 N–H and O–H groups in total. The summed E-state index contributed by atoms with van der Waals surface area (Å²) in [6, 6.07) is 5.33. The van der Waals surface area contributed by atoms with Gasteiger partial charge in [-0.25, -0.2) is 0 Å². The van der Waals surface area contributed by atoms with Crippen molar-refractivity contribution in [1.82, 2.24) is 0 Å². The minimum atomic E-state index is 0.416. The van der Waals surface area contributed by atoms with Gasteiger partial charge in [0.05, 0.1) is 21.7 Å². The Morgan fingerprint density at radius 1 is 1.53 bits per heavy atom. The highest BCUT2D eigenvalue weighted by molar-refractivity contribution is 9.10. The van der Waals surface area contributed by atoms with E-state index >= 15 is 0 Å². The molecule has 80 valence electrons. The zero-order chi connectivity index (χ0) is 11.4. The lowest BCUT2D eigenvalue weighted by molar-refractivity contribution is 0.269. The minimum Gasteiger partial charge on any atom is -0.492 e. The molecule has 0 radical (unpaired) electrons. The summed E-state index contributed by atoms with van der Waals surface area (Å²) in [5.74, 6) is 1.12. The van der Waals surface area contributed by atoms with Crippen LogP contribution in [0.2, 0.25) is 5.02 Å². The SMILES string of the molecule is CC(C)COc1cc(Cl)c(C#N)cc1Br. The van der Waals surface area contributed by atoms with Crippen molar-refractivity contribution in [2.24, 2.45) is 5.92 Å². The predicted octanol–water partition coefficient (Wildman–Crippen LogP) is 4.01. The number of nitrogens with zero attached hydrogens (tertiary/aromatic N) is 1. The van der Waals surface area contributed by atoms with Crippen LogP contribution in [0.5, 0.6) is 5.75 Å². The lowest BCUT2D eigenvalue weighted by atomic mass is 10.2. The Balaban J connectivity index is 2.91. The lowest BCUT2D eigenvalue weighted by Crippen LogP contribution is -2.05. The Bertz CT molecular complexity index is 398. The molecule has 0 atom stereocenters. The maximum absolute atomic E-state index is 8.76. The summed E-state index contributed by atoms with van der Waals surface area (Å²) in [6.07, 6.45) is 0. The molecule has 0 spiro atoms. The van der Waals surface area contributed by atoms with Crippen molar-refractivity contribution in [3.05, 3.63) is 27.2 Å². The average Bonchev–Trinajstić information content (AvgIpc) is 2.18. The third-order valence-electron chi connectivity index (χ3n) is 1.71. The second kappa shape index (κ2) is 5.39. The van der Waals surface area contributed by atoms with Crippen molar-refractivity contribution in [2.75, 3.05) is 6.61 Å². The van der Waals surface area contributed by atoms with E-state index in [1.165, 1.54) is 0 Å². The van der Waals surface area contributed by atoms with Crippen molar-refractivity contribution in [2.45, 2.75) is 13.8 Å². The smallest absolute Gasteiger partial charge is 0.135 e. The molecule has 2 nitrogen and oxygen atoms in total. The fourth-order valence-electron chi connectivity index (χ4n) is 0.981. The van der Waals surface area contributed by atoms with Crippen LogP contribution in [-0.2, 0) is 0 Å². The summed E-state index contributed by atoms with van der Waals surface area (Å²) in [6.45, 7) is 4.76. The van der Waals surface area contributed by atoms with Crippen LogP contribution in [0.25, 0.3) is 0 Å². The first-order valence-corrected chi connectivity index (χ1v) is 5.73. The van der Waals surface area contributed by atoms with Gasteiger partial charge in [0.2, 0.25) is 0 Å². The fourth-order valence-corrected chi connectivity index (χ4v) is 1.64. The van der Waals surface area contributed by atoms with Crippen LogP contribution in [0.15, 0.2) is 16.6 Å². The van der Waals surface area contributed by atoms with Crippen molar-refractivity contribution >= 4 is 27.5 Å². The molecule has 4 heteroatoms. The summed E-state index contributed by atoms with van der Waals surface area (Å²) in [7, 11) is 0. The number of nitriles is 1. The quantitative estimate of drug-likeness (QED) is 0.842. The second-order valence-electron chi connectivity index (χ2n) is 3.58. The molecule has 1 aromatic rings. The van der Waals surface area contributed by atoms with E-state index in [1.54, 1.807) is 12.1 Å². The summed E-state index contributed by atoms with van der Waals surface area (Å²) in [5.41, 5.74) is 0.445. The van der Waals surface area contributed by atoms with E-state index in [0.29, 0.717) is 28.9 Å². The molecule has 1 rings (SSSR count). The minimum absolute atomic E-state index is 0.416. The number of halogens is 2. The topological polar surface area (TPSA) is 33.0 Å². The zero-order valence-electron chi connectivity index (χ0n) is 8.55. The largest absolute Gasteiger partial charge is 0.492 e. The second-order valence-corrected chi connectivity index (χ2v) is 4.84. The molecule has 0 saturated heterocycles. The molecule has 0 bridgehead atoms. The maximum atomic E-state index is 8.76. The summed E-state index contributed by atoms with van der Waals surface area (Å²) in [5, 5.41) is 9.17. The van der Waals surface area contributed by atoms with Gasteiger partial charge in [-0.05, 0) is 27.9 Å². The van der Waals surface area contributed by atoms with Crippen molar-refractivity contribution < 1.29 is 4.74 Å². The van der Waals surface area contributed by atoms with Crippen molar-refractivity contribution in [3.8, 4) is 11.8 Å². The Morgan fingerprint density at radius 3 is 2.73 bits per heavy atom. The van der Waals surface area contributed by atoms with Crippen LogP contribution in [0.3, 0.4) is 0 Å². The number of hydrogen-bond acceptors (Lipinski definition) is 2. The Kier molecular flexibility index (Phi) is 4.44. The fraction of sp³-hybridized carbons (Fsp3) is 0.364. The van der Waals surface area contributed by atoms with E-state index in [4.69, 9.17) is 21.6 Å². The number of benzene rings is 1. The Hall–Kier alpha value is -0.720. The van der Waals surface area contributed by atoms with Crippen LogP contribution in [0.4, 0.5) is 0 Å². The molecule has 0 aliphatic heterocycles. The highest BCUT2D eigenvalue weighted by Crippen LogP contribution is 2.31. The molecule has 1 aromatic carbocycles. The molecule has 0 fully saturated rings. The van der Waals surface area contributed by atoms with Gasteiger partial charge < -0.3 is 4.74 Å². The van der Waals surface area contributed by atoms with Crippen molar-refractivity contribution in [1.29, 1.82) is 5.26 Å². The third-order valence-corrected chi connectivity index (χ3v) is 2.65. The van der Waals surface area contributed by atoms with Crippen LogP contribution in [0.1, 0.15) is 19.4 Å². The predicted molar refractivity (Wildman–Crippen MR) is 64.2 cm³/mol. The number of hydrogen-bond donors (Lipinski definition) is 0. The van der Waals surface area contributed by atoms with Crippen LogP contribution in [0, 0.1) is 17.2 Å². The first-order valence-electron chi connectivity index (χ1n) is 4.56. The van der Waals surface area contributed by atoms with E-state index in [9.17, 15) is 0 Å². The number of rotatable bonds is 3. The summed E-state index contributed by atoms with van der Waals surface area (Å²) >= 11 is 9.23. The molecular formula is C11H11BrClNO. The van der Waals surface area contributed by atoms with E-state index in [1.807, 2.05) is 6.07 Å². The van der Waals surface area contributed by atoms with Gasteiger partial charge in [0.15, 0.2) is 0 Å². The van der Waals surface area contributed by atoms with E-state index < -0.39 is 0 Å². The first kappa shape index (κ1) is 12.4. The highest BCUT2D eigenvalue weighted by atomic mass is 79.9.